The molecule has 0 spiro atoms. The third-order valence-corrected chi connectivity index (χ3v) is 3.22. The maximum atomic E-state index is 11.1. The quantitative estimate of drug-likeness (QED) is 0.571. The molecule has 0 saturated carbocycles. The molecule has 0 aromatic heterocycles. The number of nitrogens with zero attached hydrogens (tertiary/aromatic N) is 1. The first-order valence-electron chi connectivity index (χ1n) is 7.03. The summed E-state index contributed by atoms with van der Waals surface area (Å²) < 4.78 is 5.02. The first-order valence-corrected chi connectivity index (χ1v) is 7.03. The Balaban J connectivity index is 2.68. The average Bonchev–Trinajstić information content (AvgIpc) is 2.38. The molecule has 0 aliphatic rings. The van der Waals surface area contributed by atoms with E-state index in [1.54, 1.807) is 12.1 Å². The topological polar surface area (TPSA) is 64.4 Å². The molecule has 0 heterocycles. The molecule has 20 heavy (non-hydrogen) atoms. The zero-order valence-corrected chi connectivity index (χ0v) is 12.7. The number of nitro groups is 1. The first kappa shape index (κ1) is 16.3. The van der Waals surface area contributed by atoms with Crippen molar-refractivity contribution in [2.45, 2.75) is 46.1 Å². The highest BCUT2D eigenvalue weighted by molar-refractivity contribution is 5.64. The van der Waals surface area contributed by atoms with Gasteiger partial charge < -0.3 is 10.1 Å². The van der Waals surface area contributed by atoms with E-state index in [2.05, 4.69) is 19.2 Å². The number of methoxy groups -OCH3 is 1. The van der Waals surface area contributed by atoms with Crippen LogP contribution in [-0.4, -0.2) is 18.1 Å². The van der Waals surface area contributed by atoms with E-state index in [1.807, 2.05) is 6.92 Å². The maximum Gasteiger partial charge on any atom is 0.296 e. The first-order chi connectivity index (χ1) is 9.43. The van der Waals surface area contributed by atoms with E-state index in [-0.39, 0.29) is 16.7 Å². The fourth-order valence-corrected chi connectivity index (χ4v) is 2.08. The fraction of sp³-hybridized carbons (Fsp3) is 0.600. The SMILES string of the molecule is COc1ccc(NC(C)CCCC(C)C)c([N+](=O)[O-])c1. The van der Waals surface area contributed by atoms with Crippen LogP contribution in [-0.2, 0) is 0 Å². The number of nitro benzene ring substituents is 1. The molecule has 0 bridgehead atoms. The van der Waals surface area contributed by atoms with E-state index in [0.717, 1.165) is 12.8 Å². The lowest BCUT2D eigenvalue weighted by atomic mass is 10.0. The van der Waals surface area contributed by atoms with Gasteiger partial charge in [0.15, 0.2) is 0 Å². The molecule has 112 valence electrons. The standard InChI is InChI=1S/C15H24N2O3/c1-11(2)6-5-7-12(3)16-14-9-8-13(20-4)10-15(14)17(18)19/h8-12,16H,5-7H2,1-4H3. The molecule has 0 radical (unpaired) electrons. The number of hydrogen-bond acceptors (Lipinski definition) is 4. The van der Waals surface area contributed by atoms with Crippen LogP contribution >= 0.6 is 0 Å². The average molecular weight is 280 g/mol. The van der Waals surface area contributed by atoms with Gasteiger partial charge in [0, 0.05) is 6.04 Å². The van der Waals surface area contributed by atoms with E-state index in [1.165, 1.54) is 19.6 Å². The van der Waals surface area contributed by atoms with Gasteiger partial charge in [-0.3, -0.25) is 10.1 Å². The van der Waals surface area contributed by atoms with Gasteiger partial charge in [-0.25, -0.2) is 0 Å². The molecule has 0 fully saturated rings. The van der Waals surface area contributed by atoms with Gasteiger partial charge in [-0.1, -0.05) is 26.7 Å². The van der Waals surface area contributed by atoms with Crippen LogP contribution in [0.5, 0.6) is 5.75 Å². The van der Waals surface area contributed by atoms with Crippen molar-refractivity contribution in [3.8, 4) is 5.75 Å². The van der Waals surface area contributed by atoms with Crippen molar-refractivity contribution in [3.63, 3.8) is 0 Å². The molecule has 5 nitrogen and oxygen atoms in total. The largest absolute Gasteiger partial charge is 0.496 e. The van der Waals surface area contributed by atoms with Crippen LogP contribution in [0.15, 0.2) is 18.2 Å². The fourth-order valence-electron chi connectivity index (χ4n) is 2.08. The van der Waals surface area contributed by atoms with Gasteiger partial charge in [-0.2, -0.15) is 0 Å². The van der Waals surface area contributed by atoms with Crippen LogP contribution in [0, 0.1) is 16.0 Å². The summed E-state index contributed by atoms with van der Waals surface area (Å²) in [7, 11) is 1.50. The third kappa shape index (κ3) is 5.07. The summed E-state index contributed by atoms with van der Waals surface area (Å²) in [6.45, 7) is 6.45. The Morgan fingerprint density at radius 3 is 2.55 bits per heavy atom. The summed E-state index contributed by atoms with van der Waals surface area (Å²) in [4.78, 5) is 10.7. The van der Waals surface area contributed by atoms with E-state index >= 15 is 0 Å². The molecule has 1 N–H and O–H groups in total. The Labute approximate surface area is 120 Å². The normalized spacial score (nSPS) is 12.2. The molecule has 1 unspecified atom stereocenters. The molecule has 0 aliphatic heterocycles. The summed E-state index contributed by atoms with van der Waals surface area (Å²) in [5, 5.41) is 14.3. The molecule has 0 aliphatic carbocycles. The van der Waals surface area contributed by atoms with E-state index in [9.17, 15) is 10.1 Å². The van der Waals surface area contributed by atoms with Crippen LogP contribution in [0.4, 0.5) is 11.4 Å². The summed E-state index contributed by atoms with van der Waals surface area (Å²) in [6.07, 6.45) is 3.30. The Bertz CT molecular complexity index is 447. The van der Waals surface area contributed by atoms with Gasteiger partial charge in [0.05, 0.1) is 18.1 Å². The minimum absolute atomic E-state index is 0.0556. The van der Waals surface area contributed by atoms with Crippen molar-refractivity contribution in [1.82, 2.24) is 0 Å². The summed E-state index contributed by atoms with van der Waals surface area (Å²) >= 11 is 0. The number of rotatable bonds is 8. The van der Waals surface area contributed by atoms with Crippen LogP contribution in [0.1, 0.15) is 40.0 Å². The van der Waals surface area contributed by atoms with Crippen LogP contribution in [0.2, 0.25) is 0 Å². The Kier molecular flexibility index (Phi) is 6.28. The molecular formula is C15H24N2O3. The zero-order valence-electron chi connectivity index (χ0n) is 12.7. The van der Waals surface area contributed by atoms with Gasteiger partial charge in [0.2, 0.25) is 0 Å². The monoisotopic (exact) mass is 280 g/mol. The number of hydrogen-bond donors (Lipinski definition) is 1. The van der Waals surface area contributed by atoms with E-state index in [4.69, 9.17) is 4.74 Å². The van der Waals surface area contributed by atoms with Crippen molar-refractivity contribution in [2.24, 2.45) is 5.92 Å². The van der Waals surface area contributed by atoms with Crippen molar-refractivity contribution in [3.05, 3.63) is 28.3 Å². The Morgan fingerprint density at radius 2 is 2.00 bits per heavy atom. The lowest BCUT2D eigenvalue weighted by Gasteiger charge is -2.16. The highest BCUT2D eigenvalue weighted by Gasteiger charge is 2.16. The molecule has 1 aromatic rings. The zero-order chi connectivity index (χ0) is 15.1. The van der Waals surface area contributed by atoms with E-state index in [0.29, 0.717) is 17.4 Å². The maximum absolute atomic E-state index is 11.1. The lowest BCUT2D eigenvalue weighted by molar-refractivity contribution is -0.384. The van der Waals surface area contributed by atoms with Crippen molar-refractivity contribution in [1.29, 1.82) is 0 Å². The van der Waals surface area contributed by atoms with Crippen molar-refractivity contribution < 1.29 is 9.66 Å². The predicted molar refractivity (Wildman–Crippen MR) is 81.4 cm³/mol. The van der Waals surface area contributed by atoms with Crippen molar-refractivity contribution in [2.75, 3.05) is 12.4 Å². The van der Waals surface area contributed by atoms with Crippen LogP contribution in [0.25, 0.3) is 0 Å². The molecule has 1 rings (SSSR count). The third-order valence-electron chi connectivity index (χ3n) is 3.22. The van der Waals surface area contributed by atoms with Gasteiger partial charge >= 0.3 is 0 Å². The second-order valence-corrected chi connectivity index (χ2v) is 5.51. The molecule has 5 heteroatoms. The van der Waals surface area contributed by atoms with Gasteiger partial charge in [-0.15, -0.1) is 0 Å². The lowest BCUT2D eigenvalue weighted by Crippen LogP contribution is -2.16. The van der Waals surface area contributed by atoms with Crippen LogP contribution < -0.4 is 10.1 Å². The van der Waals surface area contributed by atoms with Gasteiger partial charge in [0.1, 0.15) is 11.4 Å². The summed E-state index contributed by atoms with van der Waals surface area (Å²) in [5.41, 5.74) is 0.605. The second-order valence-electron chi connectivity index (χ2n) is 5.51. The minimum Gasteiger partial charge on any atom is -0.496 e. The number of anilines is 1. The molecule has 1 atom stereocenters. The van der Waals surface area contributed by atoms with Crippen LogP contribution in [0.3, 0.4) is 0 Å². The van der Waals surface area contributed by atoms with Gasteiger partial charge in [-0.05, 0) is 31.4 Å². The Hall–Kier alpha value is -1.78. The summed E-state index contributed by atoms with van der Waals surface area (Å²) in [5.74, 6) is 1.19. The molecular weight excluding hydrogens is 256 g/mol. The van der Waals surface area contributed by atoms with Crippen molar-refractivity contribution >= 4 is 11.4 Å². The minimum atomic E-state index is -0.383. The molecule has 1 aromatic carbocycles. The van der Waals surface area contributed by atoms with Gasteiger partial charge in [0.25, 0.3) is 5.69 Å². The highest BCUT2D eigenvalue weighted by Crippen LogP contribution is 2.29. The summed E-state index contributed by atoms with van der Waals surface area (Å²) in [6, 6.07) is 5.09. The number of benzene rings is 1. The molecule has 0 saturated heterocycles. The van der Waals surface area contributed by atoms with E-state index < -0.39 is 0 Å². The predicted octanol–water partition coefficient (Wildman–Crippen LogP) is 4.23. The second kappa shape index (κ2) is 7.72. The smallest absolute Gasteiger partial charge is 0.296 e. The Morgan fingerprint density at radius 1 is 1.30 bits per heavy atom. The highest BCUT2D eigenvalue weighted by atomic mass is 16.6. The number of nitrogens with one attached hydrogen (secondary N) is 1. The number of ether oxygens (including phenoxy) is 1. The molecule has 0 amide bonds.